The van der Waals surface area contributed by atoms with Crippen molar-refractivity contribution in [2.24, 2.45) is 0 Å². The van der Waals surface area contributed by atoms with Gasteiger partial charge in [-0.1, -0.05) is 29.3 Å². The Hall–Kier alpha value is -0.280. The summed E-state index contributed by atoms with van der Waals surface area (Å²) in [4.78, 5) is 0. The predicted octanol–water partition coefficient (Wildman–Crippen LogP) is 3.02. The van der Waals surface area contributed by atoms with E-state index in [0.29, 0.717) is 16.6 Å². The number of hydrogen-bond acceptors (Lipinski definition) is 2. The fraction of sp³-hybridized carbons (Fsp3) is 0.455. The zero-order chi connectivity index (χ0) is 11.4. The van der Waals surface area contributed by atoms with Gasteiger partial charge in [-0.2, -0.15) is 0 Å². The van der Waals surface area contributed by atoms with E-state index in [9.17, 15) is 0 Å². The molecule has 0 spiro atoms. The Morgan fingerprint density at radius 3 is 2.47 bits per heavy atom. The number of nitrogens with one attached hydrogen (secondary N) is 1. The highest BCUT2D eigenvalue weighted by Gasteiger charge is 2.07. The van der Waals surface area contributed by atoms with Gasteiger partial charge >= 0.3 is 0 Å². The molecule has 2 N–H and O–H groups in total. The van der Waals surface area contributed by atoms with Crippen molar-refractivity contribution in [1.82, 2.24) is 5.32 Å². The van der Waals surface area contributed by atoms with Gasteiger partial charge in [0, 0.05) is 12.6 Å². The Labute approximate surface area is 100 Å². The van der Waals surface area contributed by atoms with Crippen LogP contribution in [-0.2, 0) is 0 Å². The SMILES string of the molecule is C[C@@H](O)CN[C@H](C)c1ccc(Cl)c(Cl)c1. The molecule has 2 atom stereocenters. The summed E-state index contributed by atoms with van der Waals surface area (Å²) in [5, 5.41) is 13.4. The fourth-order valence-electron chi connectivity index (χ4n) is 1.25. The third-order valence-electron chi connectivity index (χ3n) is 2.16. The minimum atomic E-state index is -0.352. The monoisotopic (exact) mass is 247 g/mol. The van der Waals surface area contributed by atoms with E-state index in [1.54, 1.807) is 13.0 Å². The molecule has 0 bridgehead atoms. The van der Waals surface area contributed by atoms with Gasteiger partial charge in [0.25, 0.3) is 0 Å². The fourth-order valence-corrected chi connectivity index (χ4v) is 1.55. The molecular weight excluding hydrogens is 233 g/mol. The zero-order valence-corrected chi connectivity index (χ0v) is 10.3. The molecule has 0 saturated carbocycles. The predicted molar refractivity (Wildman–Crippen MR) is 64.6 cm³/mol. The Morgan fingerprint density at radius 2 is 1.93 bits per heavy atom. The first kappa shape index (κ1) is 12.8. The molecule has 2 nitrogen and oxygen atoms in total. The molecule has 1 aromatic carbocycles. The first-order valence-corrected chi connectivity index (χ1v) is 5.62. The number of halogens is 2. The smallest absolute Gasteiger partial charge is 0.0636 e. The van der Waals surface area contributed by atoms with Gasteiger partial charge in [0.15, 0.2) is 0 Å². The molecule has 0 fully saturated rings. The Morgan fingerprint density at radius 1 is 1.27 bits per heavy atom. The lowest BCUT2D eigenvalue weighted by atomic mass is 10.1. The van der Waals surface area contributed by atoms with Crippen molar-refractivity contribution >= 4 is 23.2 Å². The molecule has 0 heterocycles. The molecule has 0 aliphatic rings. The van der Waals surface area contributed by atoms with Crippen molar-refractivity contribution in [1.29, 1.82) is 0 Å². The summed E-state index contributed by atoms with van der Waals surface area (Å²) in [6.07, 6.45) is -0.352. The second kappa shape index (κ2) is 5.71. The first-order valence-electron chi connectivity index (χ1n) is 4.87. The van der Waals surface area contributed by atoms with Gasteiger partial charge in [0.2, 0.25) is 0 Å². The maximum atomic E-state index is 9.14. The molecule has 0 radical (unpaired) electrons. The lowest BCUT2D eigenvalue weighted by molar-refractivity contribution is 0.187. The Bertz CT molecular complexity index is 328. The number of rotatable bonds is 4. The Kier molecular flexibility index (Phi) is 4.87. The average Bonchev–Trinajstić information content (AvgIpc) is 2.18. The van der Waals surface area contributed by atoms with E-state index < -0.39 is 0 Å². The summed E-state index contributed by atoms with van der Waals surface area (Å²) in [7, 11) is 0. The maximum absolute atomic E-state index is 9.14. The van der Waals surface area contributed by atoms with Crippen LogP contribution in [-0.4, -0.2) is 17.8 Å². The van der Waals surface area contributed by atoms with E-state index in [-0.39, 0.29) is 12.1 Å². The van der Waals surface area contributed by atoms with Crippen molar-refractivity contribution in [2.45, 2.75) is 26.0 Å². The summed E-state index contributed by atoms with van der Waals surface area (Å²) in [5.74, 6) is 0. The molecule has 0 unspecified atom stereocenters. The van der Waals surface area contributed by atoms with Gasteiger partial charge in [0.1, 0.15) is 0 Å². The highest BCUT2D eigenvalue weighted by molar-refractivity contribution is 6.42. The van der Waals surface area contributed by atoms with Gasteiger partial charge in [-0.05, 0) is 31.5 Å². The van der Waals surface area contributed by atoms with E-state index in [0.717, 1.165) is 5.56 Å². The van der Waals surface area contributed by atoms with E-state index in [2.05, 4.69) is 5.32 Å². The zero-order valence-electron chi connectivity index (χ0n) is 8.80. The highest BCUT2D eigenvalue weighted by atomic mass is 35.5. The summed E-state index contributed by atoms with van der Waals surface area (Å²) >= 11 is 11.7. The van der Waals surface area contributed by atoms with Crippen molar-refractivity contribution in [3.63, 3.8) is 0 Å². The molecule has 0 aliphatic heterocycles. The summed E-state index contributed by atoms with van der Waals surface area (Å²) in [5.41, 5.74) is 1.06. The van der Waals surface area contributed by atoms with Crippen LogP contribution in [0, 0.1) is 0 Å². The Balaban J connectivity index is 2.65. The third-order valence-corrected chi connectivity index (χ3v) is 2.90. The summed E-state index contributed by atoms with van der Waals surface area (Å²) in [6, 6.07) is 5.69. The third kappa shape index (κ3) is 3.99. The van der Waals surface area contributed by atoms with Crippen LogP contribution in [0.3, 0.4) is 0 Å². The van der Waals surface area contributed by atoms with Crippen molar-refractivity contribution < 1.29 is 5.11 Å². The van der Waals surface area contributed by atoms with Crippen LogP contribution in [0.15, 0.2) is 18.2 Å². The number of hydrogen-bond donors (Lipinski definition) is 2. The van der Waals surface area contributed by atoms with Crippen LogP contribution in [0.5, 0.6) is 0 Å². The molecule has 0 amide bonds. The average molecular weight is 248 g/mol. The minimum absolute atomic E-state index is 0.148. The van der Waals surface area contributed by atoms with Crippen LogP contribution >= 0.6 is 23.2 Å². The molecule has 4 heteroatoms. The topological polar surface area (TPSA) is 32.3 Å². The standard InChI is InChI=1S/C11H15Cl2NO/c1-7(15)6-14-8(2)9-3-4-10(12)11(13)5-9/h3-5,7-8,14-15H,6H2,1-2H3/t7-,8-/m1/s1. The van der Waals surface area contributed by atoms with Crippen molar-refractivity contribution in [3.8, 4) is 0 Å². The molecule has 84 valence electrons. The second-order valence-electron chi connectivity index (χ2n) is 3.65. The normalized spacial score (nSPS) is 15.0. The molecule has 0 aliphatic carbocycles. The molecule has 1 rings (SSSR count). The summed E-state index contributed by atoms with van der Waals surface area (Å²) in [6.45, 7) is 4.32. The highest BCUT2D eigenvalue weighted by Crippen LogP contribution is 2.25. The number of benzene rings is 1. The minimum Gasteiger partial charge on any atom is -0.392 e. The van der Waals surface area contributed by atoms with E-state index in [1.807, 2.05) is 19.1 Å². The van der Waals surface area contributed by atoms with E-state index >= 15 is 0 Å². The number of aliphatic hydroxyl groups is 1. The van der Waals surface area contributed by atoms with Crippen LogP contribution in [0.25, 0.3) is 0 Å². The second-order valence-corrected chi connectivity index (χ2v) is 4.47. The quantitative estimate of drug-likeness (QED) is 0.858. The van der Waals surface area contributed by atoms with Gasteiger partial charge < -0.3 is 10.4 Å². The van der Waals surface area contributed by atoms with Gasteiger partial charge in [-0.3, -0.25) is 0 Å². The van der Waals surface area contributed by atoms with Gasteiger partial charge in [-0.15, -0.1) is 0 Å². The van der Waals surface area contributed by atoms with Gasteiger partial charge in [-0.25, -0.2) is 0 Å². The molecular formula is C11H15Cl2NO. The summed E-state index contributed by atoms with van der Waals surface area (Å²) < 4.78 is 0. The van der Waals surface area contributed by atoms with Crippen LogP contribution in [0.1, 0.15) is 25.5 Å². The molecule has 0 aromatic heterocycles. The van der Waals surface area contributed by atoms with Crippen molar-refractivity contribution in [3.05, 3.63) is 33.8 Å². The van der Waals surface area contributed by atoms with Crippen LogP contribution < -0.4 is 5.32 Å². The van der Waals surface area contributed by atoms with Crippen LogP contribution in [0.4, 0.5) is 0 Å². The lowest BCUT2D eigenvalue weighted by Gasteiger charge is -2.15. The van der Waals surface area contributed by atoms with Crippen molar-refractivity contribution in [2.75, 3.05) is 6.54 Å². The molecule has 0 saturated heterocycles. The maximum Gasteiger partial charge on any atom is 0.0636 e. The molecule has 15 heavy (non-hydrogen) atoms. The number of aliphatic hydroxyl groups excluding tert-OH is 1. The van der Waals surface area contributed by atoms with E-state index in [4.69, 9.17) is 28.3 Å². The van der Waals surface area contributed by atoms with Gasteiger partial charge in [0.05, 0.1) is 16.1 Å². The lowest BCUT2D eigenvalue weighted by Crippen LogP contribution is -2.27. The van der Waals surface area contributed by atoms with Crippen LogP contribution in [0.2, 0.25) is 10.0 Å². The first-order chi connectivity index (χ1) is 7.00. The largest absolute Gasteiger partial charge is 0.392 e. The van der Waals surface area contributed by atoms with E-state index in [1.165, 1.54) is 0 Å². The molecule has 1 aromatic rings.